The second kappa shape index (κ2) is 5.90. The number of benzene rings is 1. The van der Waals surface area contributed by atoms with Gasteiger partial charge in [0.05, 0.1) is 4.88 Å². The van der Waals surface area contributed by atoms with Crippen LogP contribution < -0.4 is 10.1 Å². The summed E-state index contributed by atoms with van der Waals surface area (Å²) in [7, 11) is 0. The van der Waals surface area contributed by atoms with Crippen molar-refractivity contribution < 1.29 is 9.53 Å². The number of rotatable bonds is 4. The van der Waals surface area contributed by atoms with Crippen molar-refractivity contribution >= 4 is 17.2 Å². The predicted molar refractivity (Wildman–Crippen MR) is 85.9 cm³/mol. The summed E-state index contributed by atoms with van der Waals surface area (Å²) >= 11 is 1.56. The van der Waals surface area contributed by atoms with Crippen molar-refractivity contribution in [2.75, 3.05) is 0 Å². The minimum absolute atomic E-state index is 0.0283. The average Bonchev–Trinajstić information content (AvgIpc) is 2.97. The normalized spacial score (nSPS) is 12.5. The zero-order chi connectivity index (χ0) is 14.8. The van der Waals surface area contributed by atoms with Crippen molar-refractivity contribution in [3.8, 4) is 16.2 Å². The number of carbonyl (C=O) groups is 1. The summed E-state index contributed by atoms with van der Waals surface area (Å²) in [6, 6.07) is 10.2. The van der Waals surface area contributed by atoms with Crippen LogP contribution in [0.15, 0.2) is 30.3 Å². The molecular weight excluding hydrogens is 282 g/mol. The van der Waals surface area contributed by atoms with Crippen LogP contribution in [0, 0.1) is 0 Å². The van der Waals surface area contributed by atoms with Gasteiger partial charge in [0.25, 0.3) is 5.91 Å². The fourth-order valence-electron chi connectivity index (χ4n) is 2.56. The van der Waals surface area contributed by atoms with E-state index in [1.54, 1.807) is 11.3 Å². The smallest absolute Gasteiger partial charge is 0.261 e. The highest BCUT2D eigenvalue weighted by Gasteiger charge is 2.22. The molecule has 0 saturated heterocycles. The minimum atomic E-state index is 0.0283. The summed E-state index contributed by atoms with van der Waals surface area (Å²) in [6.07, 6.45) is 1.92. The second-order valence-corrected chi connectivity index (χ2v) is 6.29. The van der Waals surface area contributed by atoms with Crippen LogP contribution in [0.3, 0.4) is 0 Å². The molecule has 0 fully saturated rings. The van der Waals surface area contributed by atoms with Gasteiger partial charge in [0.2, 0.25) is 0 Å². The highest BCUT2D eigenvalue weighted by molar-refractivity contribution is 7.17. The topological polar surface area (TPSA) is 38.3 Å². The molecule has 2 aromatic rings. The molecule has 0 atom stereocenters. The van der Waals surface area contributed by atoms with Gasteiger partial charge in [0, 0.05) is 22.0 Å². The van der Waals surface area contributed by atoms with Gasteiger partial charge in [-0.15, -0.1) is 11.3 Å². The van der Waals surface area contributed by atoms with Crippen LogP contribution in [0.25, 0.3) is 10.4 Å². The van der Waals surface area contributed by atoms with E-state index in [4.69, 9.17) is 4.74 Å². The molecule has 3 nitrogen and oxygen atoms in total. The van der Waals surface area contributed by atoms with Crippen molar-refractivity contribution in [1.29, 1.82) is 0 Å². The molecule has 1 aliphatic heterocycles. The van der Waals surface area contributed by atoms with E-state index < -0.39 is 0 Å². The third kappa shape index (κ3) is 2.68. The van der Waals surface area contributed by atoms with Crippen LogP contribution in [0.2, 0.25) is 0 Å². The van der Waals surface area contributed by atoms with E-state index in [0.29, 0.717) is 6.61 Å². The molecule has 1 aromatic carbocycles. The molecule has 1 amide bonds. The van der Waals surface area contributed by atoms with Crippen molar-refractivity contribution in [3.63, 3.8) is 0 Å². The Morgan fingerprint density at radius 3 is 2.86 bits per heavy atom. The Bertz CT molecular complexity index is 659. The first-order chi connectivity index (χ1) is 10.2. The van der Waals surface area contributed by atoms with E-state index >= 15 is 0 Å². The van der Waals surface area contributed by atoms with Crippen molar-refractivity contribution in [1.82, 2.24) is 5.32 Å². The molecule has 1 aliphatic rings. The molecular formula is C17H19NO2S. The van der Waals surface area contributed by atoms with E-state index in [0.717, 1.165) is 39.5 Å². The molecule has 0 unspecified atom stereocenters. The first-order valence-electron chi connectivity index (χ1n) is 7.38. The summed E-state index contributed by atoms with van der Waals surface area (Å²) in [5.41, 5.74) is 2.19. The average molecular weight is 301 g/mol. The number of nitrogens with one attached hydrogen (secondary N) is 1. The highest BCUT2D eigenvalue weighted by atomic mass is 32.1. The Hall–Kier alpha value is -1.81. The zero-order valence-corrected chi connectivity index (χ0v) is 13.1. The maximum Gasteiger partial charge on any atom is 0.261 e. The maximum atomic E-state index is 12.4. The van der Waals surface area contributed by atoms with E-state index in [-0.39, 0.29) is 11.9 Å². The number of ether oxygens (including phenoxy) is 1. The number of hydrogen-bond donors (Lipinski definition) is 1. The number of hydrogen-bond acceptors (Lipinski definition) is 3. The molecule has 0 saturated carbocycles. The number of para-hydroxylation sites is 1. The van der Waals surface area contributed by atoms with Crippen LogP contribution in [0.5, 0.6) is 5.75 Å². The monoisotopic (exact) mass is 301 g/mol. The first kappa shape index (κ1) is 14.1. The summed E-state index contributed by atoms with van der Waals surface area (Å²) < 4.78 is 5.74. The van der Waals surface area contributed by atoms with E-state index in [1.807, 2.05) is 30.3 Å². The molecule has 1 N–H and O–H groups in total. The molecule has 0 bridgehead atoms. The lowest BCUT2D eigenvalue weighted by atomic mass is 10.1. The SMILES string of the molecule is CCC(CC)NC(=O)c1cc2c(s1)-c1ccccc1OC2. The van der Waals surface area contributed by atoms with Gasteiger partial charge in [-0.05, 0) is 31.0 Å². The minimum Gasteiger partial charge on any atom is -0.488 e. The molecule has 21 heavy (non-hydrogen) atoms. The van der Waals surface area contributed by atoms with Crippen LogP contribution in [-0.2, 0) is 6.61 Å². The first-order valence-corrected chi connectivity index (χ1v) is 8.20. The molecule has 110 valence electrons. The fraction of sp³-hybridized carbons (Fsp3) is 0.353. The molecule has 2 heterocycles. The van der Waals surface area contributed by atoms with Crippen LogP contribution in [0.4, 0.5) is 0 Å². The number of thiophene rings is 1. The van der Waals surface area contributed by atoms with Gasteiger partial charge in [0.15, 0.2) is 0 Å². The van der Waals surface area contributed by atoms with Crippen LogP contribution in [-0.4, -0.2) is 11.9 Å². The Labute approximate surface area is 129 Å². The summed E-state index contributed by atoms with van der Waals surface area (Å²) in [5.74, 6) is 0.930. The maximum absolute atomic E-state index is 12.4. The molecule has 0 spiro atoms. The summed E-state index contributed by atoms with van der Waals surface area (Å²) in [6.45, 7) is 4.73. The molecule has 0 aliphatic carbocycles. The number of fused-ring (bicyclic) bond motifs is 3. The van der Waals surface area contributed by atoms with Crippen molar-refractivity contribution in [2.24, 2.45) is 0 Å². The van der Waals surface area contributed by atoms with Gasteiger partial charge >= 0.3 is 0 Å². The van der Waals surface area contributed by atoms with Gasteiger partial charge < -0.3 is 10.1 Å². The Morgan fingerprint density at radius 2 is 2.10 bits per heavy atom. The second-order valence-electron chi connectivity index (χ2n) is 5.24. The van der Waals surface area contributed by atoms with Crippen LogP contribution >= 0.6 is 11.3 Å². The number of amides is 1. The van der Waals surface area contributed by atoms with Gasteiger partial charge in [0.1, 0.15) is 12.4 Å². The predicted octanol–water partition coefficient (Wildman–Crippen LogP) is 4.23. The largest absolute Gasteiger partial charge is 0.488 e. The summed E-state index contributed by atoms with van der Waals surface area (Å²) in [5, 5.41) is 3.10. The van der Waals surface area contributed by atoms with Crippen molar-refractivity contribution in [3.05, 3.63) is 40.8 Å². The summed E-state index contributed by atoms with van der Waals surface area (Å²) in [4.78, 5) is 14.3. The molecule has 0 radical (unpaired) electrons. The van der Waals surface area contributed by atoms with Gasteiger partial charge in [-0.2, -0.15) is 0 Å². The van der Waals surface area contributed by atoms with E-state index in [1.165, 1.54) is 0 Å². The standard InChI is InChI=1S/C17H19NO2S/c1-3-12(4-2)18-17(19)15-9-11-10-20-14-8-6-5-7-13(14)16(11)21-15/h5-9,12H,3-4,10H2,1-2H3,(H,18,19). The van der Waals surface area contributed by atoms with E-state index in [9.17, 15) is 4.79 Å². The Kier molecular flexibility index (Phi) is 3.97. The lowest BCUT2D eigenvalue weighted by molar-refractivity contribution is 0.0939. The Morgan fingerprint density at radius 1 is 1.33 bits per heavy atom. The van der Waals surface area contributed by atoms with Gasteiger partial charge in [-0.1, -0.05) is 26.0 Å². The lowest BCUT2D eigenvalue weighted by Gasteiger charge is -2.16. The Balaban J connectivity index is 1.88. The lowest BCUT2D eigenvalue weighted by Crippen LogP contribution is -2.33. The van der Waals surface area contributed by atoms with Crippen LogP contribution in [0.1, 0.15) is 41.9 Å². The number of carbonyl (C=O) groups excluding carboxylic acids is 1. The quantitative estimate of drug-likeness (QED) is 0.918. The van der Waals surface area contributed by atoms with Gasteiger partial charge in [-0.3, -0.25) is 4.79 Å². The van der Waals surface area contributed by atoms with Gasteiger partial charge in [-0.25, -0.2) is 0 Å². The molecule has 1 aromatic heterocycles. The highest BCUT2D eigenvalue weighted by Crippen LogP contribution is 2.42. The fourth-order valence-corrected chi connectivity index (χ4v) is 3.66. The zero-order valence-electron chi connectivity index (χ0n) is 12.3. The van der Waals surface area contributed by atoms with E-state index in [2.05, 4.69) is 19.2 Å². The van der Waals surface area contributed by atoms with Crippen molar-refractivity contribution in [2.45, 2.75) is 39.3 Å². The molecule has 3 rings (SSSR count). The molecule has 4 heteroatoms. The third-order valence-corrected chi connectivity index (χ3v) is 5.08. The third-order valence-electron chi connectivity index (χ3n) is 3.87.